The number of anilines is 1. The van der Waals surface area contributed by atoms with Crippen molar-refractivity contribution in [3.63, 3.8) is 0 Å². The molecule has 8 heteroatoms. The lowest BCUT2D eigenvalue weighted by Gasteiger charge is -2.19. The fourth-order valence-electron chi connectivity index (χ4n) is 1.36. The van der Waals surface area contributed by atoms with Gasteiger partial charge in [0, 0.05) is 6.20 Å². The van der Waals surface area contributed by atoms with Gasteiger partial charge in [-0.1, -0.05) is 25.4 Å². The molecule has 1 aromatic heterocycles. The average molecular weight is 297 g/mol. The summed E-state index contributed by atoms with van der Waals surface area (Å²) in [5.74, 6) is -1.50. The van der Waals surface area contributed by atoms with Gasteiger partial charge in [-0.3, -0.25) is 0 Å². The van der Waals surface area contributed by atoms with E-state index in [0.717, 1.165) is 0 Å². The number of halogens is 4. The van der Waals surface area contributed by atoms with Crippen molar-refractivity contribution in [3.05, 3.63) is 22.8 Å². The quantitative estimate of drug-likeness (QED) is 0.895. The Kier molecular flexibility index (Phi) is 4.62. The SMILES string of the molecule is CC(C)C(Nc1ncc(C(F)(F)F)cc1Cl)C(=O)O. The fourth-order valence-corrected chi connectivity index (χ4v) is 1.58. The van der Waals surface area contributed by atoms with Crippen LogP contribution in [0.15, 0.2) is 12.3 Å². The Balaban J connectivity index is 3.00. The molecule has 0 fully saturated rings. The first-order chi connectivity index (χ1) is 8.62. The van der Waals surface area contributed by atoms with Crippen LogP contribution in [0, 0.1) is 5.92 Å². The number of rotatable bonds is 4. The molecule has 0 radical (unpaired) electrons. The van der Waals surface area contributed by atoms with Crippen molar-refractivity contribution in [2.45, 2.75) is 26.1 Å². The summed E-state index contributed by atoms with van der Waals surface area (Å²) < 4.78 is 37.2. The summed E-state index contributed by atoms with van der Waals surface area (Å²) in [6.45, 7) is 3.31. The molecule has 2 N–H and O–H groups in total. The highest BCUT2D eigenvalue weighted by Gasteiger charge is 2.32. The third-order valence-corrected chi connectivity index (χ3v) is 2.68. The Morgan fingerprint density at radius 1 is 1.47 bits per heavy atom. The summed E-state index contributed by atoms with van der Waals surface area (Å²) in [5, 5.41) is 11.2. The smallest absolute Gasteiger partial charge is 0.417 e. The van der Waals surface area contributed by atoms with E-state index in [2.05, 4.69) is 10.3 Å². The molecule has 1 rings (SSSR count). The van der Waals surface area contributed by atoms with E-state index < -0.39 is 23.8 Å². The van der Waals surface area contributed by atoms with Gasteiger partial charge in [-0.2, -0.15) is 13.2 Å². The number of hydrogen-bond acceptors (Lipinski definition) is 3. The second kappa shape index (κ2) is 5.64. The summed E-state index contributed by atoms with van der Waals surface area (Å²) in [5.41, 5.74) is -0.987. The summed E-state index contributed by atoms with van der Waals surface area (Å²) in [6.07, 6.45) is -3.94. The second-order valence-electron chi connectivity index (χ2n) is 4.26. The number of carbonyl (C=O) groups is 1. The summed E-state index contributed by atoms with van der Waals surface area (Å²) in [7, 11) is 0. The molecule has 0 aliphatic carbocycles. The maximum atomic E-state index is 12.4. The number of aromatic nitrogens is 1. The van der Waals surface area contributed by atoms with Gasteiger partial charge in [0.2, 0.25) is 0 Å². The lowest BCUT2D eigenvalue weighted by molar-refractivity contribution is -0.139. The average Bonchev–Trinajstić information content (AvgIpc) is 2.24. The summed E-state index contributed by atoms with van der Waals surface area (Å²) >= 11 is 5.67. The lowest BCUT2D eigenvalue weighted by Crippen LogP contribution is -2.34. The first-order valence-electron chi connectivity index (χ1n) is 5.35. The van der Waals surface area contributed by atoms with E-state index >= 15 is 0 Å². The predicted octanol–water partition coefficient (Wildman–Crippen LogP) is 3.27. The minimum atomic E-state index is -4.54. The molecule has 1 atom stereocenters. The van der Waals surface area contributed by atoms with E-state index in [1.54, 1.807) is 13.8 Å². The van der Waals surface area contributed by atoms with E-state index in [0.29, 0.717) is 12.3 Å². The molecule has 0 aromatic carbocycles. The first-order valence-corrected chi connectivity index (χ1v) is 5.72. The Morgan fingerprint density at radius 2 is 2.05 bits per heavy atom. The molecule has 4 nitrogen and oxygen atoms in total. The van der Waals surface area contributed by atoms with Gasteiger partial charge in [-0.25, -0.2) is 9.78 Å². The minimum Gasteiger partial charge on any atom is -0.480 e. The van der Waals surface area contributed by atoms with Crippen LogP contribution in [0.25, 0.3) is 0 Å². The number of alkyl halides is 3. The van der Waals surface area contributed by atoms with Crippen molar-refractivity contribution in [1.82, 2.24) is 4.98 Å². The monoisotopic (exact) mass is 296 g/mol. The number of carboxylic acid groups (broad SMARTS) is 1. The number of nitrogens with one attached hydrogen (secondary N) is 1. The zero-order valence-corrected chi connectivity index (χ0v) is 10.9. The van der Waals surface area contributed by atoms with Gasteiger partial charge in [-0.05, 0) is 12.0 Å². The topological polar surface area (TPSA) is 62.2 Å². The molecule has 19 heavy (non-hydrogen) atoms. The van der Waals surface area contributed by atoms with Gasteiger partial charge in [0.05, 0.1) is 10.6 Å². The van der Waals surface area contributed by atoms with Gasteiger partial charge in [0.1, 0.15) is 11.9 Å². The molecule has 106 valence electrons. The molecule has 1 unspecified atom stereocenters. The molecule has 0 amide bonds. The Hall–Kier alpha value is -1.50. The van der Waals surface area contributed by atoms with Gasteiger partial charge < -0.3 is 10.4 Å². The zero-order valence-electron chi connectivity index (χ0n) is 10.1. The molecule has 0 aliphatic rings. The highest BCUT2D eigenvalue weighted by Crippen LogP contribution is 2.32. The number of carboxylic acids is 1. The molecule has 1 heterocycles. The van der Waals surface area contributed by atoms with Crippen molar-refractivity contribution < 1.29 is 23.1 Å². The van der Waals surface area contributed by atoms with Crippen molar-refractivity contribution >= 4 is 23.4 Å². The third kappa shape index (κ3) is 3.99. The minimum absolute atomic E-state index is 0.0873. The van der Waals surface area contributed by atoms with Crippen LogP contribution in [-0.2, 0) is 11.0 Å². The van der Waals surface area contributed by atoms with Crippen LogP contribution in [0.4, 0.5) is 19.0 Å². The standard InChI is InChI=1S/C11H12ClF3N2O2/c1-5(2)8(10(18)19)17-9-7(12)3-6(4-16-9)11(13,14)15/h3-5,8H,1-2H3,(H,16,17)(H,18,19). The summed E-state index contributed by atoms with van der Waals surface area (Å²) in [4.78, 5) is 14.5. The van der Waals surface area contributed by atoms with E-state index in [9.17, 15) is 18.0 Å². The highest BCUT2D eigenvalue weighted by atomic mass is 35.5. The van der Waals surface area contributed by atoms with Crippen molar-refractivity contribution in [2.24, 2.45) is 5.92 Å². The van der Waals surface area contributed by atoms with Gasteiger partial charge in [-0.15, -0.1) is 0 Å². The normalized spacial score (nSPS) is 13.4. The van der Waals surface area contributed by atoms with E-state index in [4.69, 9.17) is 16.7 Å². The van der Waals surface area contributed by atoms with E-state index in [-0.39, 0.29) is 16.8 Å². The molecular formula is C11H12ClF3N2O2. The lowest BCUT2D eigenvalue weighted by atomic mass is 10.0. The molecule has 0 spiro atoms. The largest absolute Gasteiger partial charge is 0.480 e. The maximum Gasteiger partial charge on any atom is 0.417 e. The maximum absolute atomic E-state index is 12.4. The Labute approximate surface area is 112 Å². The van der Waals surface area contributed by atoms with Crippen LogP contribution in [0.1, 0.15) is 19.4 Å². The van der Waals surface area contributed by atoms with Crippen molar-refractivity contribution in [1.29, 1.82) is 0 Å². The van der Waals surface area contributed by atoms with Gasteiger partial charge in [0.15, 0.2) is 0 Å². The summed E-state index contributed by atoms with van der Waals surface area (Å²) in [6, 6.07) is -0.280. The Bertz CT molecular complexity index is 477. The molecular weight excluding hydrogens is 285 g/mol. The van der Waals surface area contributed by atoms with Crippen LogP contribution in [-0.4, -0.2) is 22.1 Å². The molecule has 0 saturated heterocycles. The fraction of sp³-hybridized carbons (Fsp3) is 0.455. The van der Waals surface area contributed by atoms with Crippen molar-refractivity contribution in [3.8, 4) is 0 Å². The van der Waals surface area contributed by atoms with Crippen molar-refractivity contribution in [2.75, 3.05) is 5.32 Å². The number of aliphatic carboxylic acids is 1. The van der Waals surface area contributed by atoms with Crippen LogP contribution < -0.4 is 5.32 Å². The third-order valence-electron chi connectivity index (χ3n) is 2.39. The van der Waals surface area contributed by atoms with Crippen LogP contribution in [0.3, 0.4) is 0 Å². The number of nitrogens with zero attached hydrogens (tertiary/aromatic N) is 1. The predicted molar refractivity (Wildman–Crippen MR) is 64.1 cm³/mol. The van der Waals surface area contributed by atoms with Gasteiger partial charge in [0.25, 0.3) is 0 Å². The molecule has 1 aromatic rings. The highest BCUT2D eigenvalue weighted by molar-refractivity contribution is 6.33. The Morgan fingerprint density at radius 3 is 2.42 bits per heavy atom. The van der Waals surface area contributed by atoms with Crippen LogP contribution in [0.2, 0.25) is 5.02 Å². The van der Waals surface area contributed by atoms with Crippen LogP contribution in [0.5, 0.6) is 0 Å². The molecule has 0 saturated carbocycles. The van der Waals surface area contributed by atoms with E-state index in [1.807, 2.05) is 0 Å². The molecule has 0 aliphatic heterocycles. The number of pyridine rings is 1. The first kappa shape index (κ1) is 15.6. The van der Waals surface area contributed by atoms with E-state index in [1.165, 1.54) is 0 Å². The second-order valence-corrected chi connectivity index (χ2v) is 4.66. The number of hydrogen-bond donors (Lipinski definition) is 2. The molecule has 0 bridgehead atoms. The van der Waals surface area contributed by atoms with Crippen LogP contribution >= 0.6 is 11.6 Å². The van der Waals surface area contributed by atoms with Gasteiger partial charge >= 0.3 is 12.1 Å². The zero-order chi connectivity index (χ0) is 14.8.